The first-order valence-electron chi connectivity index (χ1n) is 6.18. The van der Waals surface area contributed by atoms with Gasteiger partial charge in [-0.05, 0) is 56.2 Å². The number of hydrogen-bond acceptors (Lipinski definition) is 3. The molecule has 0 bridgehead atoms. The van der Waals surface area contributed by atoms with E-state index in [-0.39, 0.29) is 12.1 Å². The number of hydrogen-bond donors (Lipinski definition) is 2. The lowest BCUT2D eigenvalue weighted by Crippen LogP contribution is -2.43. The molecule has 1 aromatic rings. The molecule has 1 aliphatic carbocycles. The molecule has 2 nitrogen and oxygen atoms in total. The fourth-order valence-corrected chi connectivity index (χ4v) is 2.31. The van der Waals surface area contributed by atoms with Gasteiger partial charge in [-0.2, -0.15) is 0 Å². The second-order valence-electron chi connectivity index (χ2n) is 5.04. The van der Waals surface area contributed by atoms with Crippen LogP contribution in [0.15, 0.2) is 29.2 Å². The zero-order chi connectivity index (χ0) is 12.3. The molecular formula is C14H21NOS. The first-order valence-corrected chi connectivity index (χ1v) is 7.41. The molecule has 0 heterocycles. The van der Waals surface area contributed by atoms with Crippen molar-refractivity contribution in [1.82, 2.24) is 5.32 Å². The Balaban J connectivity index is 2.07. The minimum absolute atomic E-state index is 0.137. The topological polar surface area (TPSA) is 32.3 Å². The van der Waals surface area contributed by atoms with Crippen molar-refractivity contribution in [3.05, 3.63) is 29.8 Å². The van der Waals surface area contributed by atoms with Crippen LogP contribution in [0.2, 0.25) is 0 Å². The zero-order valence-electron chi connectivity index (χ0n) is 10.6. The third kappa shape index (κ3) is 3.24. The summed E-state index contributed by atoms with van der Waals surface area (Å²) in [5.74, 6) is 0.825. The highest BCUT2D eigenvalue weighted by atomic mass is 32.2. The van der Waals surface area contributed by atoms with Crippen LogP contribution in [0.25, 0.3) is 0 Å². The van der Waals surface area contributed by atoms with Gasteiger partial charge in [0.1, 0.15) is 0 Å². The Bertz CT molecular complexity index is 361. The quantitative estimate of drug-likeness (QED) is 0.762. The summed E-state index contributed by atoms with van der Waals surface area (Å²) < 4.78 is 0. The summed E-state index contributed by atoms with van der Waals surface area (Å²) in [5, 5.41) is 13.1. The molecule has 1 atom stereocenters. The molecule has 3 heteroatoms. The van der Waals surface area contributed by atoms with Crippen molar-refractivity contribution in [3.8, 4) is 0 Å². The third-order valence-electron chi connectivity index (χ3n) is 3.52. The van der Waals surface area contributed by atoms with Gasteiger partial charge < -0.3 is 10.4 Å². The van der Waals surface area contributed by atoms with E-state index in [0.717, 1.165) is 12.5 Å². The minimum Gasteiger partial charge on any atom is -0.394 e. The molecule has 1 fully saturated rings. The first kappa shape index (κ1) is 12.9. The summed E-state index contributed by atoms with van der Waals surface area (Å²) in [5.41, 5.74) is 0.859. The van der Waals surface area contributed by atoms with E-state index in [9.17, 15) is 5.11 Å². The van der Waals surface area contributed by atoms with Crippen molar-refractivity contribution >= 4 is 11.8 Å². The van der Waals surface area contributed by atoms with E-state index in [1.54, 1.807) is 11.8 Å². The van der Waals surface area contributed by atoms with Gasteiger partial charge in [0.25, 0.3) is 0 Å². The molecule has 0 amide bonds. The van der Waals surface area contributed by atoms with Gasteiger partial charge in [0, 0.05) is 4.90 Å². The summed E-state index contributed by atoms with van der Waals surface area (Å²) >= 11 is 1.74. The number of rotatable bonds is 6. The van der Waals surface area contributed by atoms with Crippen molar-refractivity contribution in [2.45, 2.75) is 30.2 Å². The molecule has 0 aromatic heterocycles. The molecule has 2 N–H and O–H groups in total. The summed E-state index contributed by atoms with van der Waals surface area (Å²) in [4.78, 5) is 1.26. The second kappa shape index (κ2) is 5.42. The number of nitrogens with one attached hydrogen (secondary N) is 1. The van der Waals surface area contributed by atoms with E-state index >= 15 is 0 Å². The standard InChI is InChI=1S/C14H21NOS/c1-14(10-16,15-9-11-3-4-11)12-5-7-13(17-2)8-6-12/h5-8,11,15-16H,3-4,9-10H2,1-2H3. The van der Waals surface area contributed by atoms with E-state index in [1.807, 2.05) is 0 Å². The Labute approximate surface area is 108 Å². The molecule has 94 valence electrons. The van der Waals surface area contributed by atoms with E-state index < -0.39 is 0 Å². The molecule has 1 aromatic carbocycles. The van der Waals surface area contributed by atoms with Crippen LogP contribution in [-0.2, 0) is 5.54 Å². The summed E-state index contributed by atoms with van der Waals surface area (Å²) in [6.07, 6.45) is 4.74. The molecule has 2 rings (SSSR count). The number of aliphatic hydroxyl groups excluding tert-OH is 1. The van der Waals surface area contributed by atoms with Gasteiger partial charge in [-0.15, -0.1) is 11.8 Å². The summed E-state index contributed by atoms with van der Waals surface area (Å²) in [6.45, 7) is 3.23. The molecule has 17 heavy (non-hydrogen) atoms. The van der Waals surface area contributed by atoms with Gasteiger partial charge in [-0.25, -0.2) is 0 Å². The second-order valence-corrected chi connectivity index (χ2v) is 5.92. The maximum atomic E-state index is 9.63. The van der Waals surface area contributed by atoms with Crippen molar-refractivity contribution in [2.24, 2.45) is 5.92 Å². The SMILES string of the molecule is CSc1ccc(C(C)(CO)NCC2CC2)cc1. The van der Waals surface area contributed by atoms with Crippen LogP contribution in [0.4, 0.5) is 0 Å². The van der Waals surface area contributed by atoms with Gasteiger partial charge in [0.15, 0.2) is 0 Å². The van der Waals surface area contributed by atoms with Gasteiger partial charge in [0.05, 0.1) is 12.1 Å². The average molecular weight is 251 g/mol. The van der Waals surface area contributed by atoms with E-state index in [4.69, 9.17) is 0 Å². The van der Waals surface area contributed by atoms with Crippen molar-refractivity contribution in [2.75, 3.05) is 19.4 Å². The van der Waals surface area contributed by atoms with Crippen LogP contribution in [0.1, 0.15) is 25.3 Å². The van der Waals surface area contributed by atoms with Gasteiger partial charge in [0.2, 0.25) is 0 Å². The minimum atomic E-state index is -0.306. The highest BCUT2D eigenvalue weighted by Crippen LogP contribution is 2.30. The summed E-state index contributed by atoms with van der Waals surface area (Å²) in [7, 11) is 0. The maximum Gasteiger partial charge on any atom is 0.0652 e. The zero-order valence-corrected chi connectivity index (χ0v) is 11.4. The van der Waals surface area contributed by atoms with Crippen LogP contribution in [0, 0.1) is 5.92 Å². The third-order valence-corrected chi connectivity index (χ3v) is 4.26. The molecule has 0 spiro atoms. The predicted molar refractivity (Wildman–Crippen MR) is 73.4 cm³/mol. The largest absolute Gasteiger partial charge is 0.394 e. The molecular weight excluding hydrogens is 230 g/mol. The van der Waals surface area contributed by atoms with Crippen LogP contribution in [0.3, 0.4) is 0 Å². The van der Waals surface area contributed by atoms with Crippen LogP contribution >= 0.6 is 11.8 Å². The average Bonchev–Trinajstić information content (AvgIpc) is 3.20. The monoisotopic (exact) mass is 251 g/mol. The van der Waals surface area contributed by atoms with Crippen molar-refractivity contribution in [1.29, 1.82) is 0 Å². The van der Waals surface area contributed by atoms with E-state index in [0.29, 0.717) is 0 Å². The molecule has 0 radical (unpaired) electrons. The van der Waals surface area contributed by atoms with E-state index in [2.05, 4.69) is 42.8 Å². The Kier molecular flexibility index (Phi) is 4.13. The normalized spacial score (nSPS) is 19.0. The summed E-state index contributed by atoms with van der Waals surface area (Å²) in [6, 6.07) is 8.46. The maximum absolute atomic E-state index is 9.63. The molecule has 0 aliphatic heterocycles. The fourth-order valence-electron chi connectivity index (χ4n) is 1.90. The lowest BCUT2D eigenvalue weighted by molar-refractivity contribution is 0.174. The first-order chi connectivity index (χ1) is 8.18. The van der Waals surface area contributed by atoms with Crippen LogP contribution in [-0.4, -0.2) is 24.5 Å². The Morgan fingerprint density at radius 3 is 2.47 bits per heavy atom. The molecule has 1 saturated carbocycles. The fraction of sp³-hybridized carbons (Fsp3) is 0.571. The van der Waals surface area contributed by atoms with Gasteiger partial charge >= 0.3 is 0 Å². The highest BCUT2D eigenvalue weighted by Gasteiger charge is 2.29. The number of aliphatic hydroxyl groups is 1. The van der Waals surface area contributed by atoms with E-state index in [1.165, 1.54) is 23.3 Å². The van der Waals surface area contributed by atoms with Gasteiger partial charge in [-0.3, -0.25) is 0 Å². The molecule has 1 unspecified atom stereocenters. The smallest absolute Gasteiger partial charge is 0.0652 e. The number of thioether (sulfide) groups is 1. The van der Waals surface area contributed by atoms with Crippen LogP contribution < -0.4 is 5.32 Å². The Morgan fingerprint density at radius 1 is 1.35 bits per heavy atom. The van der Waals surface area contributed by atoms with Crippen molar-refractivity contribution < 1.29 is 5.11 Å². The Morgan fingerprint density at radius 2 is 2.00 bits per heavy atom. The Hall–Kier alpha value is -0.510. The number of benzene rings is 1. The predicted octanol–water partition coefficient (Wildman–Crippen LogP) is 2.62. The molecule has 0 saturated heterocycles. The lowest BCUT2D eigenvalue weighted by atomic mass is 9.93. The van der Waals surface area contributed by atoms with Crippen LogP contribution in [0.5, 0.6) is 0 Å². The lowest BCUT2D eigenvalue weighted by Gasteiger charge is -2.29. The van der Waals surface area contributed by atoms with Gasteiger partial charge in [-0.1, -0.05) is 12.1 Å². The molecule has 1 aliphatic rings. The van der Waals surface area contributed by atoms with Crippen molar-refractivity contribution in [3.63, 3.8) is 0 Å². The highest BCUT2D eigenvalue weighted by molar-refractivity contribution is 7.98.